The van der Waals surface area contributed by atoms with Gasteiger partial charge in [0.2, 0.25) is 0 Å². The van der Waals surface area contributed by atoms with E-state index in [0.717, 1.165) is 5.56 Å². The van der Waals surface area contributed by atoms with E-state index in [2.05, 4.69) is 6.07 Å². The molecule has 2 rings (SSSR count). The zero-order valence-corrected chi connectivity index (χ0v) is 12.6. The molecular formula is C16H20N2O3. The van der Waals surface area contributed by atoms with Crippen molar-refractivity contribution in [2.24, 2.45) is 0 Å². The molecule has 21 heavy (non-hydrogen) atoms. The maximum Gasteiger partial charge on any atom is 0.255 e. The Bertz CT molecular complexity index is 563. The molecule has 0 saturated heterocycles. The normalized spacial score (nSPS) is 17.0. The van der Waals surface area contributed by atoms with Gasteiger partial charge in [0.05, 0.1) is 19.3 Å². The second-order valence-corrected chi connectivity index (χ2v) is 5.26. The molecule has 0 fully saturated rings. The van der Waals surface area contributed by atoms with Gasteiger partial charge in [-0.15, -0.1) is 0 Å². The average Bonchev–Trinajstić information content (AvgIpc) is 2.74. The van der Waals surface area contributed by atoms with Crippen LogP contribution in [0.4, 0.5) is 0 Å². The summed E-state index contributed by atoms with van der Waals surface area (Å²) in [5.41, 5.74) is 1.32. The SMILES string of the molecule is COc1ccc2c(c1)C(C#N)N(CCCOC(C)C)C2=O. The van der Waals surface area contributed by atoms with Crippen LogP contribution in [0, 0.1) is 11.3 Å². The number of benzene rings is 1. The van der Waals surface area contributed by atoms with Crippen LogP contribution in [0.2, 0.25) is 0 Å². The van der Waals surface area contributed by atoms with Crippen LogP contribution in [0.5, 0.6) is 5.75 Å². The van der Waals surface area contributed by atoms with Crippen molar-refractivity contribution in [3.63, 3.8) is 0 Å². The minimum Gasteiger partial charge on any atom is -0.497 e. The molecule has 5 nitrogen and oxygen atoms in total. The van der Waals surface area contributed by atoms with E-state index in [9.17, 15) is 10.1 Å². The molecule has 1 aromatic rings. The van der Waals surface area contributed by atoms with Gasteiger partial charge >= 0.3 is 0 Å². The molecule has 0 radical (unpaired) electrons. The third-order valence-corrected chi connectivity index (χ3v) is 3.47. The van der Waals surface area contributed by atoms with Gasteiger partial charge in [0, 0.05) is 24.3 Å². The molecule has 0 aliphatic carbocycles. The first-order valence-corrected chi connectivity index (χ1v) is 7.08. The summed E-state index contributed by atoms with van der Waals surface area (Å²) in [4.78, 5) is 14.0. The van der Waals surface area contributed by atoms with E-state index in [1.54, 1.807) is 30.2 Å². The van der Waals surface area contributed by atoms with Gasteiger partial charge in [-0.3, -0.25) is 4.79 Å². The number of nitriles is 1. The molecular weight excluding hydrogens is 268 g/mol. The molecule has 1 aromatic carbocycles. The Balaban J connectivity index is 2.11. The lowest BCUT2D eigenvalue weighted by Gasteiger charge is -2.20. The lowest BCUT2D eigenvalue weighted by molar-refractivity contribution is 0.0611. The molecule has 1 aliphatic rings. The number of nitrogens with zero attached hydrogens (tertiary/aromatic N) is 2. The zero-order chi connectivity index (χ0) is 15.4. The molecule has 1 amide bonds. The first kappa shape index (κ1) is 15.3. The van der Waals surface area contributed by atoms with Crippen molar-refractivity contribution in [3.8, 4) is 11.8 Å². The van der Waals surface area contributed by atoms with E-state index < -0.39 is 6.04 Å². The minimum atomic E-state index is -0.540. The van der Waals surface area contributed by atoms with Gasteiger partial charge in [-0.1, -0.05) is 0 Å². The molecule has 112 valence electrons. The predicted molar refractivity (Wildman–Crippen MR) is 78.1 cm³/mol. The van der Waals surface area contributed by atoms with Gasteiger partial charge in [-0.2, -0.15) is 5.26 Å². The molecule has 1 unspecified atom stereocenters. The highest BCUT2D eigenvalue weighted by Gasteiger charge is 2.36. The quantitative estimate of drug-likeness (QED) is 0.755. The van der Waals surface area contributed by atoms with Crippen molar-refractivity contribution < 1.29 is 14.3 Å². The molecule has 0 N–H and O–H groups in total. The Morgan fingerprint density at radius 3 is 2.81 bits per heavy atom. The van der Waals surface area contributed by atoms with Crippen molar-refractivity contribution in [1.82, 2.24) is 4.90 Å². The lowest BCUT2D eigenvalue weighted by atomic mass is 10.1. The molecule has 0 aromatic heterocycles. The van der Waals surface area contributed by atoms with Crippen molar-refractivity contribution in [1.29, 1.82) is 5.26 Å². The Labute approximate surface area is 125 Å². The minimum absolute atomic E-state index is 0.0937. The highest BCUT2D eigenvalue weighted by Crippen LogP contribution is 2.35. The van der Waals surface area contributed by atoms with Gasteiger partial charge < -0.3 is 14.4 Å². The Hall–Kier alpha value is -2.06. The third kappa shape index (κ3) is 3.17. The van der Waals surface area contributed by atoms with Crippen molar-refractivity contribution >= 4 is 5.91 Å². The number of hydrogen-bond donors (Lipinski definition) is 0. The summed E-state index contributed by atoms with van der Waals surface area (Å²) in [5, 5.41) is 9.39. The summed E-state index contributed by atoms with van der Waals surface area (Å²) in [6, 6.07) is 6.91. The number of hydrogen-bond acceptors (Lipinski definition) is 4. The van der Waals surface area contributed by atoms with E-state index in [4.69, 9.17) is 9.47 Å². The largest absolute Gasteiger partial charge is 0.497 e. The maximum atomic E-state index is 12.4. The predicted octanol–water partition coefficient (Wildman–Crippen LogP) is 2.53. The van der Waals surface area contributed by atoms with Crippen LogP contribution in [0.3, 0.4) is 0 Å². The topological polar surface area (TPSA) is 62.6 Å². The van der Waals surface area contributed by atoms with E-state index in [1.165, 1.54) is 0 Å². The van der Waals surface area contributed by atoms with Gasteiger partial charge in [0.1, 0.15) is 11.8 Å². The fraction of sp³-hybridized carbons (Fsp3) is 0.500. The van der Waals surface area contributed by atoms with Gasteiger partial charge in [-0.25, -0.2) is 0 Å². The fourth-order valence-electron chi connectivity index (χ4n) is 2.45. The molecule has 0 bridgehead atoms. The van der Waals surface area contributed by atoms with Crippen molar-refractivity contribution in [3.05, 3.63) is 29.3 Å². The Morgan fingerprint density at radius 2 is 2.19 bits per heavy atom. The first-order valence-electron chi connectivity index (χ1n) is 7.08. The molecule has 0 spiro atoms. The summed E-state index contributed by atoms with van der Waals surface area (Å²) in [6.45, 7) is 5.04. The standard InChI is InChI=1S/C16H20N2O3/c1-11(2)21-8-4-7-18-15(10-17)14-9-12(20-3)5-6-13(14)16(18)19/h5-6,9,11,15H,4,7-8H2,1-3H3. The summed E-state index contributed by atoms with van der Waals surface area (Å²) < 4.78 is 10.6. The first-order chi connectivity index (χ1) is 10.1. The van der Waals surface area contributed by atoms with Crippen LogP contribution < -0.4 is 4.74 Å². The highest BCUT2D eigenvalue weighted by atomic mass is 16.5. The Kier molecular flexibility index (Phi) is 4.81. The number of carbonyl (C=O) groups is 1. The number of amides is 1. The fourth-order valence-corrected chi connectivity index (χ4v) is 2.45. The van der Waals surface area contributed by atoms with Gasteiger partial charge in [-0.05, 0) is 38.5 Å². The lowest BCUT2D eigenvalue weighted by Crippen LogP contribution is -2.29. The summed E-state index contributed by atoms with van der Waals surface area (Å²) in [5.74, 6) is 0.565. The summed E-state index contributed by atoms with van der Waals surface area (Å²) in [6.07, 6.45) is 0.889. The maximum absolute atomic E-state index is 12.4. The van der Waals surface area contributed by atoms with E-state index >= 15 is 0 Å². The zero-order valence-electron chi connectivity index (χ0n) is 12.6. The Morgan fingerprint density at radius 1 is 1.43 bits per heavy atom. The molecule has 0 saturated carbocycles. The number of rotatable bonds is 6. The molecule has 1 heterocycles. The van der Waals surface area contributed by atoms with E-state index in [-0.39, 0.29) is 12.0 Å². The molecule has 1 atom stereocenters. The summed E-state index contributed by atoms with van der Waals surface area (Å²) >= 11 is 0. The van der Waals surface area contributed by atoms with Gasteiger partial charge in [0.15, 0.2) is 0 Å². The molecule has 1 aliphatic heterocycles. The van der Waals surface area contributed by atoms with Crippen LogP contribution in [-0.4, -0.2) is 37.2 Å². The molecule has 5 heteroatoms. The van der Waals surface area contributed by atoms with Crippen LogP contribution in [0.15, 0.2) is 18.2 Å². The van der Waals surface area contributed by atoms with Crippen LogP contribution >= 0.6 is 0 Å². The number of methoxy groups -OCH3 is 1. The second-order valence-electron chi connectivity index (χ2n) is 5.26. The van der Waals surface area contributed by atoms with Crippen LogP contribution in [-0.2, 0) is 4.74 Å². The van der Waals surface area contributed by atoms with Crippen molar-refractivity contribution in [2.75, 3.05) is 20.3 Å². The smallest absolute Gasteiger partial charge is 0.255 e. The number of carbonyl (C=O) groups excluding carboxylic acids is 1. The van der Waals surface area contributed by atoms with Crippen LogP contribution in [0.25, 0.3) is 0 Å². The highest BCUT2D eigenvalue weighted by molar-refractivity contribution is 5.99. The second kappa shape index (κ2) is 6.59. The van der Waals surface area contributed by atoms with Gasteiger partial charge in [0.25, 0.3) is 5.91 Å². The average molecular weight is 288 g/mol. The number of fused-ring (bicyclic) bond motifs is 1. The van der Waals surface area contributed by atoms with E-state index in [1.807, 2.05) is 13.8 Å². The van der Waals surface area contributed by atoms with E-state index in [0.29, 0.717) is 30.9 Å². The van der Waals surface area contributed by atoms with Crippen molar-refractivity contribution in [2.45, 2.75) is 32.4 Å². The monoisotopic (exact) mass is 288 g/mol. The third-order valence-electron chi connectivity index (χ3n) is 3.47. The number of ether oxygens (including phenoxy) is 2. The van der Waals surface area contributed by atoms with Crippen LogP contribution in [0.1, 0.15) is 42.2 Å². The summed E-state index contributed by atoms with van der Waals surface area (Å²) in [7, 11) is 1.57.